The van der Waals surface area contributed by atoms with Crippen molar-refractivity contribution in [1.29, 1.82) is 0 Å². The molecule has 0 saturated heterocycles. The fraction of sp³-hybridized carbons (Fsp3) is 0.750. The second-order valence-corrected chi connectivity index (χ2v) is 10.5. The van der Waals surface area contributed by atoms with Crippen LogP contribution in [-0.2, 0) is 19.1 Å². The summed E-state index contributed by atoms with van der Waals surface area (Å²) < 4.78 is 9.55. The summed E-state index contributed by atoms with van der Waals surface area (Å²) in [6, 6.07) is 0. The van der Waals surface area contributed by atoms with Crippen molar-refractivity contribution in [2.45, 2.75) is 24.5 Å². The third-order valence-corrected chi connectivity index (χ3v) is 6.08. The van der Waals surface area contributed by atoms with Crippen molar-refractivity contribution < 1.29 is 19.1 Å². The Morgan fingerprint density at radius 1 is 1.07 bits per heavy atom. The van der Waals surface area contributed by atoms with E-state index in [0.717, 1.165) is 0 Å². The van der Waals surface area contributed by atoms with E-state index in [9.17, 15) is 9.59 Å². The molecule has 0 radical (unpaired) electrons. The first-order valence-electron chi connectivity index (χ1n) is 4.26. The van der Waals surface area contributed by atoms with Gasteiger partial charge < -0.3 is 0 Å². The van der Waals surface area contributed by atoms with E-state index in [0.29, 0.717) is 23.9 Å². The number of carbonyl (C=O) groups excluding carboxylic acids is 2. The van der Waals surface area contributed by atoms with Crippen molar-refractivity contribution in [1.82, 2.24) is 0 Å². The summed E-state index contributed by atoms with van der Waals surface area (Å²) in [5.74, 6) is -0.471. The summed E-state index contributed by atoms with van der Waals surface area (Å²) in [5, 5.41) is 0.680. The van der Waals surface area contributed by atoms with Gasteiger partial charge in [0.05, 0.1) is 0 Å². The van der Waals surface area contributed by atoms with Gasteiger partial charge in [0.1, 0.15) is 0 Å². The van der Waals surface area contributed by atoms with E-state index in [1.54, 1.807) is 13.8 Å². The van der Waals surface area contributed by atoms with Gasteiger partial charge in [-0.15, -0.1) is 0 Å². The molecule has 0 atom stereocenters. The minimum absolute atomic E-state index is 0.236. The van der Waals surface area contributed by atoms with Crippen LogP contribution in [0, 0.1) is 0 Å². The fourth-order valence-corrected chi connectivity index (χ4v) is 4.48. The van der Waals surface area contributed by atoms with Gasteiger partial charge in [0.2, 0.25) is 0 Å². The maximum absolute atomic E-state index is 11.0. The first kappa shape index (κ1) is 14.0. The molecule has 0 bridgehead atoms. The Labute approximate surface area is 93.9 Å². The number of esters is 2. The molecule has 0 aliphatic rings. The van der Waals surface area contributed by atoms with Gasteiger partial charge >= 0.3 is 93.9 Å². The van der Waals surface area contributed by atoms with Crippen LogP contribution in [0.15, 0.2) is 0 Å². The van der Waals surface area contributed by atoms with Crippen molar-refractivity contribution in [2.24, 2.45) is 0 Å². The fourth-order valence-electron chi connectivity index (χ4n) is 0.719. The Kier molecular flexibility index (Phi) is 8.29. The van der Waals surface area contributed by atoms with E-state index in [1.165, 1.54) is 0 Å². The van der Waals surface area contributed by atoms with E-state index in [1.807, 2.05) is 0 Å². The van der Waals surface area contributed by atoms with Gasteiger partial charge in [-0.3, -0.25) is 0 Å². The summed E-state index contributed by atoms with van der Waals surface area (Å²) in [4.78, 5) is 22.1. The number of carbonyl (C=O) groups is 2. The second kappa shape index (κ2) is 8.30. The van der Waals surface area contributed by atoms with Crippen molar-refractivity contribution in [2.75, 3.05) is 13.2 Å². The Bertz CT molecular complexity index is 205. The zero-order valence-corrected chi connectivity index (χ0v) is 11.7. The Morgan fingerprint density at radius 3 is 1.71 bits per heavy atom. The van der Waals surface area contributed by atoms with Gasteiger partial charge in [-0.25, -0.2) is 0 Å². The monoisotopic (exact) mass is 334 g/mol. The molecule has 0 aromatic rings. The molecule has 0 saturated carbocycles. The minimum atomic E-state index is -1.32. The van der Waals surface area contributed by atoms with Gasteiger partial charge in [-0.2, -0.15) is 0 Å². The van der Waals surface area contributed by atoms with Crippen molar-refractivity contribution in [3.8, 4) is 0 Å². The summed E-state index contributed by atoms with van der Waals surface area (Å²) >= 11 is 1.55. The summed E-state index contributed by atoms with van der Waals surface area (Å²) in [7, 11) is 0. The van der Waals surface area contributed by atoms with Gasteiger partial charge in [0.15, 0.2) is 0 Å². The van der Waals surface area contributed by atoms with Crippen LogP contribution < -0.4 is 0 Å². The average molecular weight is 332 g/mol. The molecule has 0 spiro atoms. The third-order valence-electron chi connectivity index (χ3n) is 1.17. The van der Waals surface area contributed by atoms with E-state index in [2.05, 4.69) is 13.7 Å². The molecule has 0 heterocycles. The number of rotatable bonds is 6. The van der Waals surface area contributed by atoms with Crippen LogP contribution in [0.5, 0.6) is 0 Å². The van der Waals surface area contributed by atoms with E-state index in [4.69, 9.17) is 9.47 Å². The Hall–Kier alpha value is -0.0210. The molecule has 4 nitrogen and oxygen atoms in total. The summed E-state index contributed by atoms with van der Waals surface area (Å²) in [5.41, 5.74) is 0. The quantitative estimate of drug-likeness (QED) is 0.518. The van der Waals surface area contributed by atoms with Crippen LogP contribution in [0.3, 0.4) is 0 Å². The van der Waals surface area contributed by atoms with Crippen LogP contribution in [-0.4, -0.2) is 50.3 Å². The van der Waals surface area contributed by atoms with Crippen LogP contribution in [0.25, 0.3) is 0 Å². The molecule has 0 N–H and O–H groups in total. The predicted molar refractivity (Wildman–Crippen MR) is 54.4 cm³/mol. The van der Waals surface area contributed by atoms with Gasteiger partial charge in [-0.1, -0.05) is 0 Å². The summed E-state index contributed by atoms with van der Waals surface area (Å²) in [6.07, 6.45) is 0. The van der Waals surface area contributed by atoms with E-state index < -0.39 is 11.5 Å². The molecule has 0 amide bonds. The first-order valence-corrected chi connectivity index (χ1v) is 11.0. The predicted octanol–water partition coefficient (Wildman–Crippen LogP) is 0.273. The zero-order chi connectivity index (χ0) is 11.0. The van der Waals surface area contributed by atoms with Crippen LogP contribution in [0.2, 0.25) is 10.6 Å². The van der Waals surface area contributed by atoms with Gasteiger partial charge in [0, 0.05) is 0 Å². The van der Waals surface area contributed by atoms with Crippen molar-refractivity contribution >= 4 is 37.1 Å². The number of hydrogen-bond donors (Lipinski definition) is 0. The van der Waals surface area contributed by atoms with Crippen LogP contribution in [0.1, 0.15) is 13.8 Å². The van der Waals surface area contributed by atoms with Crippen LogP contribution in [0.4, 0.5) is 0 Å². The van der Waals surface area contributed by atoms with E-state index >= 15 is 0 Å². The number of hydrogen-bond acceptors (Lipinski definition) is 4. The molecule has 0 rings (SSSR count). The molecule has 0 aliphatic heterocycles. The molecule has 6 heteroatoms. The first-order chi connectivity index (χ1) is 6.60. The van der Waals surface area contributed by atoms with Crippen molar-refractivity contribution in [3.63, 3.8) is 0 Å². The molecule has 82 valence electrons. The Morgan fingerprint density at radius 2 is 1.43 bits per heavy atom. The maximum atomic E-state index is 11.0. The van der Waals surface area contributed by atoms with Crippen LogP contribution >= 0.6 is 0 Å². The van der Waals surface area contributed by atoms with Crippen molar-refractivity contribution in [3.05, 3.63) is 0 Å². The topological polar surface area (TPSA) is 52.6 Å². The zero-order valence-electron chi connectivity index (χ0n) is 8.28. The average Bonchev–Trinajstić information content (AvgIpc) is 2.03. The standard InChI is InChI=1S/C8H14O4Se2/c1-3-11-7(9)5-14(13)6-8(10)12-4-2/h3-6H2,1-2H3. The van der Waals surface area contributed by atoms with E-state index in [-0.39, 0.29) is 11.9 Å². The molecule has 0 fully saturated rings. The third kappa shape index (κ3) is 7.39. The molecular formula is C8H14O4Se2. The number of ether oxygens (including phenoxy) is 2. The SMILES string of the molecule is CCOC(=O)C[Se](=[Se])CC(=O)OCC. The molecular weight excluding hydrogens is 318 g/mol. The molecule has 0 aliphatic carbocycles. The van der Waals surface area contributed by atoms with Gasteiger partial charge in [0.25, 0.3) is 0 Å². The molecule has 0 unspecified atom stereocenters. The molecule has 0 aromatic carbocycles. The van der Waals surface area contributed by atoms with Gasteiger partial charge in [-0.05, 0) is 0 Å². The molecule has 0 aromatic heterocycles. The Balaban J connectivity index is 3.75. The second-order valence-electron chi connectivity index (χ2n) is 2.34. The normalized spacial score (nSPS) is 9.93. The molecule has 14 heavy (non-hydrogen) atoms. The summed E-state index contributed by atoms with van der Waals surface area (Å²) in [6.45, 7) is 4.30.